The van der Waals surface area contributed by atoms with Gasteiger partial charge in [-0.15, -0.1) is 0 Å². The van der Waals surface area contributed by atoms with Crippen molar-refractivity contribution < 1.29 is 14.6 Å². The molecule has 0 aliphatic carbocycles. The quantitative estimate of drug-likeness (QED) is 0.730. The van der Waals surface area contributed by atoms with Crippen molar-refractivity contribution in [2.45, 2.75) is 26.4 Å². The van der Waals surface area contributed by atoms with E-state index in [-0.39, 0.29) is 11.9 Å². The molecule has 0 aliphatic rings. The van der Waals surface area contributed by atoms with Crippen molar-refractivity contribution in [1.29, 1.82) is 0 Å². The number of ether oxygens (including phenoxy) is 1. The molecule has 4 heteroatoms. The first-order valence-electron chi connectivity index (χ1n) is 6.66. The number of aliphatic hydroxyl groups is 1. The zero-order valence-corrected chi connectivity index (χ0v) is 11.9. The molecule has 0 radical (unpaired) electrons. The molecule has 0 spiro atoms. The molecule has 1 N–H and O–H groups in total. The van der Waals surface area contributed by atoms with Crippen LogP contribution in [0.25, 0.3) is 0 Å². The van der Waals surface area contributed by atoms with Gasteiger partial charge in [0.15, 0.2) is 5.78 Å². The van der Waals surface area contributed by atoms with Gasteiger partial charge in [-0.05, 0) is 39.4 Å². The third-order valence-electron chi connectivity index (χ3n) is 2.83. The van der Waals surface area contributed by atoms with Crippen LogP contribution in [-0.2, 0) is 0 Å². The standard InChI is InChI=1S/C15H23NO3/c1-4-19-15-8-6-5-7-13(15)14(18)11-16(3)10-9-12(2)17/h5-8,12,17H,4,9-11H2,1-3H3. The van der Waals surface area contributed by atoms with Crippen LogP contribution >= 0.6 is 0 Å². The summed E-state index contributed by atoms with van der Waals surface area (Å²) in [7, 11) is 1.88. The fraction of sp³-hybridized carbons (Fsp3) is 0.533. The van der Waals surface area contributed by atoms with Crippen LogP contribution in [0.1, 0.15) is 30.6 Å². The van der Waals surface area contributed by atoms with Gasteiger partial charge in [0.25, 0.3) is 0 Å². The number of nitrogens with zero attached hydrogens (tertiary/aromatic N) is 1. The van der Waals surface area contributed by atoms with E-state index < -0.39 is 0 Å². The van der Waals surface area contributed by atoms with Gasteiger partial charge in [-0.1, -0.05) is 12.1 Å². The first-order valence-corrected chi connectivity index (χ1v) is 6.66. The average Bonchev–Trinajstić information content (AvgIpc) is 2.37. The van der Waals surface area contributed by atoms with Gasteiger partial charge in [0.2, 0.25) is 0 Å². The Bertz CT molecular complexity index is 404. The highest BCUT2D eigenvalue weighted by atomic mass is 16.5. The smallest absolute Gasteiger partial charge is 0.180 e. The summed E-state index contributed by atoms with van der Waals surface area (Å²) in [5.74, 6) is 0.677. The fourth-order valence-electron chi connectivity index (χ4n) is 1.79. The van der Waals surface area contributed by atoms with Gasteiger partial charge in [0, 0.05) is 6.54 Å². The van der Waals surface area contributed by atoms with E-state index in [1.807, 2.05) is 37.1 Å². The molecule has 0 bridgehead atoms. The summed E-state index contributed by atoms with van der Waals surface area (Å²) in [4.78, 5) is 14.1. The second kappa shape index (κ2) is 7.92. The van der Waals surface area contributed by atoms with E-state index in [1.54, 1.807) is 13.0 Å². The molecule has 0 saturated carbocycles. The maximum absolute atomic E-state index is 12.2. The highest BCUT2D eigenvalue weighted by molar-refractivity contribution is 6.00. The molecule has 1 atom stereocenters. The van der Waals surface area contributed by atoms with Crippen LogP contribution in [0.3, 0.4) is 0 Å². The molecule has 1 unspecified atom stereocenters. The van der Waals surface area contributed by atoms with E-state index in [0.29, 0.717) is 37.4 Å². The largest absolute Gasteiger partial charge is 0.493 e. The third-order valence-corrected chi connectivity index (χ3v) is 2.83. The van der Waals surface area contributed by atoms with Crippen LogP contribution in [0.2, 0.25) is 0 Å². The van der Waals surface area contributed by atoms with E-state index in [0.717, 1.165) is 0 Å². The lowest BCUT2D eigenvalue weighted by Gasteiger charge is -2.17. The number of ketones is 1. The number of likely N-dealkylation sites (N-methyl/N-ethyl adjacent to an activating group) is 1. The van der Waals surface area contributed by atoms with Gasteiger partial charge in [-0.2, -0.15) is 0 Å². The minimum atomic E-state index is -0.340. The second-order valence-electron chi connectivity index (χ2n) is 4.73. The topological polar surface area (TPSA) is 49.8 Å². The van der Waals surface area contributed by atoms with Crippen molar-refractivity contribution in [3.8, 4) is 5.75 Å². The molecule has 0 fully saturated rings. The van der Waals surface area contributed by atoms with E-state index in [9.17, 15) is 9.90 Å². The number of rotatable bonds is 8. The Hall–Kier alpha value is -1.39. The maximum atomic E-state index is 12.2. The van der Waals surface area contributed by atoms with Gasteiger partial charge in [-0.3, -0.25) is 9.69 Å². The Kier molecular flexibility index (Phi) is 6.53. The van der Waals surface area contributed by atoms with Crippen LogP contribution in [-0.4, -0.2) is 48.6 Å². The highest BCUT2D eigenvalue weighted by Crippen LogP contribution is 2.18. The monoisotopic (exact) mass is 265 g/mol. The van der Waals surface area contributed by atoms with Crippen LogP contribution in [0.5, 0.6) is 5.75 Å². The molecule has 0 aliphatic heterocycles. The lowest BCUT2D eigenvalue weighted by molar-refractivity contribution is 0.0928. The van der Waals surface area contributed by atoms with Crippen molar-refractivity contribution in [3.05, 3.63) is 29.8 Å². The Balaban J connectivity index is 2.62. The van der Waals surface area contributed by atoms with E-state index in [1.165, 1.54) is 0 Å². The van der Waals surface area contributed by atoms with Crippen molar-refractivity contribution >= 4 is 5.78 Å². The van der Waals surface area contributed by atoms with Gasteiger partial charge in [-0.25, -0.2) is 0 Å². The van der Waals surface area contributed by atoms with Gasteiger partial charge in [0.1, 0.15) is 5.75 Å². The lowest BCUT2D eigenvalue weighted by Crippen LogP contribution is -2.28. The predicted molar refractivity (Wildman–Crippen MR) is 75.7 cm³/mol. The average molecular weight is 265 g/mol. The second-order valence-corrected chi connectivity index (χ2v) is 4.73. The molecular weight excluding hydrogens is 242 g/mol. The number of Topliss-reactive ketones (excluding diaryl/α,β-unsaturated/α-hetero) is 1. The number of hydrogen-bond donors (Lipinski definition) is 1. The van der Waals surface area contributed by atoms with Crippen LogP contribution < -0.4 is 4.74 Å². The Morgan fingerprint density at radius 3 is 2.74 bits per heavy atom. The molecule has 1 aromatic carbocycles. The molecule has 0 saturated heterocycles. The van der Waals surface area contributed by atoms with Gasteiger partial charge in [0.05, 0.1) is 24.8 Å². The first-order chi connectivity index (χ1) is 9.04. The molecule has 1 aromatic rings. The normalized spacial score (nSPS) is 12.5. The number of aliphatic hydroxyl groups excluding tert-OH is 1. The van der Waals surface area contributed by atoms with E-state index >= 15 is 0 Å². The minimum Gasteiger partial charge on any atom is -0.493 e. The molecule has 1 rings (SSSR count). The van der Waals surface area contributed by atoms with Crippen molar-refractivity contribution in [2.75, 3.05) is 26.7 Å². The molecule has 19 heavy (non-hydrogen) atoms. The molecule has 0 heterocycles. The summed E-state index contributed by atoms with van der Waals surface area (Å²) >= 11 is 0. The zero-order valence-electron chi connectivity index (χ0n) is 11.9. The number of hydrogen-bond acceptors (Lipinski definition) is 4. The maximum Gasteiger partial charge on any atom is 0.180 e. The minimum absolute atomic E-state index is 0.0390. The summed E-state index contributed by atoms with van der Waals surface area (Å²) in [6.45, 7) is 5.22. The van der Waals surface area contributed by atoms with Crippen molar-refractivity contribution in [3.63, 3.8) is 0 Å². The number of para-hydroxylation sites is 1. The van der Waals surface area contributed by atoms with Crippen LogP contribution in [0.15, 0.2) is 24.3 Å². The summed E-state index contributed by atoms with van der Waals surface area (Å²) < 4.78 is 5.46. The zero-order chi connectivity index (χ0) is 14.3. The third kappa shape index (κ3) is 5.41. The molecular formula is C15H23NO3. The summed E-state index contributed by atoms with van der Waals surface area (Å²) in [6, 6.07) is 7.30. The van der Waals surface area contributed by atoms with Crippen LogP contribution in [0, 0.1) is 0 Å². The SMILES string of the molecule is CCOc1ccccc1C(=O)CN(C)CCC(C)O. The Morgan fingerprint density at radius 2 is 2.11 bits per heavy atom. The number of benzene rings is 1. The van der Waals surface area contributed by atoms with Crippen molar-refractivity contribution in [2.24, 2.45) is 0 Å². The highest BCUT2D eigenvalue weighted by Gasteiger charge is 2.14. The Morgan fingerprint density at radius 1 is 1.42 bits per heavy atom. The lowest BCUT2D eigenvalue weighted by atomic mass is 10.1. The van der Waals surface area contributed by atoms with E-state index in [2.05, 4.69) is 0 Å². The molecule has 4 nitrogen and oxygen atoms in total. The van der Waals surface area contributed by atoms with Gasteiger partial charge >= 0.3 is 0 Å². The molecule has 0 aromatic heterocycles. The van der Waals surface area contributed by atoms with Crippen LogP contribution in [0.4, 0.5) is 0 Å². The fourth-order valence-corrected chi connectivity index (χ4v) is 1.79. The van der Waals surface area contributed by atoms with Crippen molar-refractivity contribution in [1.82, 2.24) is 4.90 Å². The Labute approximate surface area is 115 Å². The number of carbonyl (C=O) groups excluding carboxylic acids is 1. The molecule has 0 amide bonds. The predicted octanol–water partition coefficient (Wildman–Crippen LogP) is 1.97. The van der Waals surface area contributed by atoms with E-state index in [4.69, 9.17) is 4.74 Å². The molecule has 106 valence electrons. The summed E-state index contributed by atoms with van der Waals surface area (Å²) in [5.41, 5.74) is 0.619. The first kappa shape index (κ1) is 15.7. The van der Waals surface area contributed by atoms with Gasteiger partial charge < -0.3 is 9.84 Å². The summed E-state index contributed by atoms with van der Waals surface area (Å²) in [5, 5.41) is 9.23. The summed E-state index contributed by atoms with van der Waals surface area (Å²) in [6.07, 6.45) is 0.324. The number of carbonyl (C=O) groups is 1.